The van der Waals surface area contributed by atoms with Crippen molar-refractivity contribution in [3.8, 4) is 0 Å². The number of unbranched alkanes of at least 4 members (excludes halogenated alkanes) is 26. The molecule has 0 aromatic heterocycles. The van der Waals surface area contributed by atoms with E-state index in [0.29, 0.717) is 19.3 Å². The first-order valence-corrected chi connectivity index (χ1v) is 26.3. The molecular weight excluding hydrogens is 769 g/mol. The molecule has 0 aliphatic rings. The fourth-order valence-electron chi connectivity index (χ4n) is 7.31. The van der Waals surface area contributed by atoms with Gasteiger partial charge in [-0.15, -0.1) is 0 Å². The van der Waals surface area contributed by atoms with Crippen LogP contribution < -0.4 is 0 Å². The third kappa shape index (κ3) is 48.1. The van der Waals surface area contributed by atoms with Crippen molar-refractivity contribution in [3.63, 3.8) is 0 Å². The van der Waals surface area contributed by atoms with Gasteiger partial charge in [-0.25, -0.2) is 0 Å². The highest BCUT2D eigenvalue weighted by atomic mass is 16.6. The van der Waals surface area contributed by atoms with E-state index >= 15 is 0 Å². The highest BCUT2D eigenvalue weighted by molar-refractivity contribution is 5.71. The third-order valence-corrected chi connectivity index (χ3v) is 11.3. The molecular formula is C56H98O6. The van der Waals surface area contributed by atoms with Crippen molar-refractivity contribution in [2.45, 2.75) is 264 Å². The van der Waals surface area contributed by atoms with Gasteiger partial charge in [0, 0.05) is 19.3 Å². The molecule has 0 aliphatic heterocycles. The summed E-state index contributed by atoms with van der Waals surface area (Å²) < 4.78 is 16.8. The molecule has 1 unspecified atom stereocenters. The minimum atomic E-state index is -0.780. The van der Waals surface area contributed by atoms with E-state index in [1.165, 1.54) is 122 Å². The van der Waals surface area contributed by atoms with Crippen LogP contribution in [0.15, 0.2) is 60.8 Å². The lowest BCUT2D eigenvalue weighted by Crippen LogP contribution is -2.30. The summed E-state index contributed by atoms with van der Waals surface area (Å²) in [7, 11) is 0. The Balaban J connectivity index is 4.37. The monoisotopic (exact) mass is 867 g/mol. The molecule has 0 aromatic carbocycles. The largest absolute Gasteiger partial charge is 0.462 e. The lowest BCUT2D eigenvalue weighted by Gasteiger charge is -2.18. The van der Waals surface area contributed by atoms with E-state index in [9.17, 15) is 14.4 Å². The molecule has 0 aliphatic carbocycles. The Kier molecular flexibility index (Phi) is 48.4. The van der Waals surface area contributed by atoms with Gasteiger partial charge < -0.3 is 14.2 Å². The number of carbonyl (C=O) groups is 3. The molecule has 6 heteroatoms. The first-order chi connectivity index (χ1) is 30.5. The Labute approximate surface area is 383 Å². The summed E-state index contributed by atoms with van der Waals surface area (Å²) in [4.78, 5) is 38.0. The van der Waals surface area contributed by atoms with Crippen molar-refractivity contribution >= 4 is 17.9 Å². The maximum absolute atomic E-state index is 12.8. The van der Waals surface area contributed by atoms with Crippen LogP contribution in [0.1, 0.15) is 258 Å². The van der Waals surface area contributed by atoms with E-state index in [0.717, 1.165) is 96.3 Å². The first kappa shape index (κ1) is 59.1. The quantitative estimate of drug-likeness (QED) is 0.0262. The number of hydrogen-bond acceptors (Lipinski definition) is 6. The second-order valence-corrected chi connectivity index (χ2v) is 17.4. The van der Waals surface area contributed by atoms with E-state index in [4.69, 9.17) is 14.2 Å². The molecule has 0 N–H and O–H groups in total. The first-order valence-electron chi connectivity index (χ1n) is 26.3. The van der Waals surface area contributed by atoms with E-state index < -0.39 is 6.10 Å². The maximum atomic E-state index is 12.8. The van der Waals surface area contributed by atoms with Crippen LogP contribution in [0, 0.1) is 0 Å². The summed E-state index contributed by atoms with van der Waals surface area (Å²) >= 11 is 0. The normalized spacial score (nSPS) is 12.5. The number of ether oxygens (including phenoxy) is 3. The summed E-state index contributed by atoms with van der Waals surface area (Å²) in [5.41, 5.74) is 0. The molecule has 0 aromatic rings. The Bertz CT molecular complexity index is 1130. The van der Waals surface area contributed by atoms with Gasteiger partial charge in [-0.3, -0.25) is 14.4 Å². The van der Waals surface area contributed by atoms with Crippen LogP contribution in [-0.4, -0.2) is 37.2 Å². The molecule has 0 radical (unpaired) electrons. The van der Waals surface area contributed by atoms with Gasteiger partial charge in [-0.05, 0) is 83.5 Å². The van der Waals surface area contributed by atoms with Crippen LogP contribution in [0.5, 0.6) is 0 Å². The van der Waals surface area contributed by atoms with Crippen molar-refractivity contribution in [1.29, 1.82) is 0 Å². The number of hydrogen-bond donors (Lipinski definition) is 0. The smallest absolute Gasteiger partial charge is 0.306 e. The summed E-state index contributed by atoms with van der Waals surface area (Å²) in [5, 5.41) is 0. The van der Waals surface area contributed by atoms with Crippen molar-refractivity contribution in [2.75, 3.05) is 13.2 Å². The van der Waals surface area contributed by atoms with E-state index in [2.05, 4.69) is 81.5 Å². The highest BCUT2D eigenvalue weighted by Crippen LogP contribution is 2.15. The zero-order chi connectivity index (χ0) is 45.1. The van der Waals surface area contributed by atoms with E-state index in [1.54, 1.807) is 0 Å². The standard InChI is InChI=1S/C56H98O6/c1-4-7-10-13-16-19-22-25-26-27-28-29-30-32-34-37-40-43-46-49-55(58)61-52-53(51-60-54(57)48-45-42-39-36-33-24-21-18-15-12-9-6-3)62-56(59)50-47-44-41-38-35-31-23-20-17-14-11-8-5-2/h7,10,16,18-19,21,25-26,28-29,53H,4-6,8-9,11-15,17,20,22-24,27,30-52H2,1-3H3/b10-7-,19-16-,21-18-,26-25-,29-28-. The molecule has 1 atom stereocenters. The van der Waals surface area contributed by atoms with Crippen LogP contribution >= 0.6 is 0 Å². The predicted molar refractivity (Wildman–Crippen MR) is 265 cm³/mol. The molecule has 0 fully saturated rings. The van der Waals surface area contributed by atoms with Crippen molar-refractivity contribution < 1.29 is 28.6 Å². The van der Waals surface area contributed by atoms with Crippen molar-refractivity contribution in [3.05, 3.63) is 60.8 Å². The van der Waals surface area contributed by atoms with Gasteiger partial charge in [0.05, 0.1) is 0 Å². The number of esters is 3. The minimum absolute atomic E-state index is 0.0814. The topological polar surface area (TPSA) is 78.9 Å². The molecule has 62 heavy (non-hydrogen) atoms. The molecule has 0 saturated heterocycles. The zero-order valence-corrected chi connectivity index (χ0v) is 40.9. The van der Waals surface area contributed by atoms with Crippen LogP contribution in [0.3, 0.4) is 0 Å². The Hall–Kier alpha value is -2.89. The van der Waals surface area contributed by atoms with Crippen LogP contribution in [0.2, 0.25) is 0 Å². The molecule has 0 saturated carbocycles. The number of rotatable bonds is 47. The van der Waals surface area contributed by atoms with Crippen molar-refractivity contribution in [2.24, 2.45) is 0 Å². The van der Waals surface area contributed by atoms with Gasteiger partial charge >= 0.3 is 17.9 Å². The van der Waals surface area contributed by atoms with Crippen LogP contribution in [0.25, 0.3) is 0 Å². The molecule has 0 bridgehead atoms. The van der Waals surface area contributed by atoms with E-state index in [-0.39, 0.29) is 31.1 Å². The molecule has 0 heterocycles. The summed E-state index contributed by atoms with van der Waals surface area (Å²) in [5.74, 6) is -0.898. The summed E-state index contributed by atoms with van der Waals surface area (Å²) in [6.07, 6.45) is 62.0. The Morgan fingerprint density at radius 3 is 1.03 bits per heavy atom. The molecule has 0 spiro atoms. The second kappa shape index (κ2) is 50.8. The maximum Gasteiger partial charge on any atom is 0.306 e. The van der Waals surface area contributed by atoms with Gasteiger partial charge in [-0.1, -0.05) is 216 Å². The van der Waals surface area contributed by atoms with Crippen molar-refractivity contribution in [1.82, 2.24) is 0 Å². The predicted octanol–water partition coefficient (Wildman–Crippen LogP) is 17.3. The third-order valence-electron chi connectivity index (χ3n) is 11.3. The summed E-state index contributed by atoms with van der Waals surface area (Å²) in [6, 6.07) is 0. The number of carbonyl (C=O) groups excluding carboxylic acids is 3. The highest BCUT2D eigenvalue weighted by Gasteiger charge is 2.19. The molecule has 6 nitrogen and oxygen atoms in total. The lowest BCUT2D eigenvalue weighted by molar-refractivity contribution is -0.167. The zero-order valence-electron chi connectivity index (χ0n) is 40.9. The van der Waals surface area contributed by atoms with Gasteiger partial charge in [-0.2, -0.15) is 0 Å². The van der Waals surface area contributed by atoms with Crippen LogP contribution in [-0.2, 0) is 28.6 Å². The lowest BCUT2D eigenvalue weighted by atomic mass is 10.0. The van der Waals surface area contributed by atoms with E-state index in [1.807, 2.05) is 0 Å². The molecule has 358 valence electrons. The average molecular weight is 867 g/mol. The number of allylic oxidation sites excluding steroid dienone is 10. The van der Waals surface area contributed by atoms with Gasteiger partial charge in [0.2, 0.25) is 0 Å². The van der Waals surface area contributed by atoms with Gasteiger partial charge in [0.1, 0.15) is 13.2 Å². The SMILES string of the molecule is CC/C=C\C/C=C\C/C=C\C/C=C\CCCCCCCCC(=O)OCC(COC(=O)CCCCCCC/C=C\CCCCC)OC(=O)CCCCCCCCCCCCCCC. The Morgan fingerprint density at radius 1 is 0.339 bits per heavy atom. The Morgan fingerprint density at radius 2 is 0.629 bits per heavy atom. The fourth-order valence-corrected chi connectivity index (χ4v) is 7.31. The minimum Gasteiger partial charge on any atom is -0.462 e. The average Bonchev–Trinajstić information content (AvgIpc) is 3.27. The fraction of sp³-hybridized carbons (Fsp3) is 0.768. The summed E-state index contributed by atoms with van der Waals surface area (Å²) in [6.45, 7) is 6.49. The van der Waals surface area contributed by atoms with Gasteiger partial charge in [0.25, 0.3) is 0 Å². The van der Waals surface area contributed by atoms with Crippen LogP contribution in [0.4, 0.5) is 0 Å². The van der Waals surface area contributed by atoms with Gasteiger partial charge in [0.15, 0.2) is 6.10 Å². The second-order valence-electron chi connectivity index (χ2n) is 17.4. The molecule has 0 amide bonds. The molecule has 0 rings (SSSR count).